The molecule has 0 radical (unpaired) electrons. The third-order valence-corrected chi connectivity index (χ3v) is 2.57. The molecule has 2 bridgehead atoms. The number of hydrogen-bond donors (Lipinski definition) is 1. The maximum Gasteiger partial charge on any atom is 0.326 e. The quantitative estimate of drug-likeness (QED) is 0.449. The van der Waals surface area contributed by atoms with Crippen molar-refractivity contribution in [1.82, 2.24) is 5.06 Å². The van der Waals surface area contributed by atoms with Gasteiger partial charge in [0, 0.05) is 5.92 Å². The molecule has 2 aliphatic rings. The second-order valence-electron chi connectivity index (χ2n) is 3.20. The Hall–Kier alpha value is -0.870. The average Bonchev–Trinajstić information content (AvgIpc) is 2.63. The molecular weight excluding hydrogens is 158 g/mol. The fraction of sp³-hybridized carbons (Fsp3) is 0.625. The van der Waals surface area contributed by atoms with Gasteiger partial charge in [0.1, 0.15) is 6.04 Å². The van der Waals surface area contributed by atoms with Crippen LogP contribution in [0.5, 0.6) is 0 Å². The molecule has 4 nitrogen and oxygen atoms in total. The first-order chi connectivity index (χ1) is 5.74. The third-order valence-electron chi connectivity index (χ3n) is 2.57. The number of hydrogen-bond acceptors (Lipinski definition) is 4. The van der Waals surface area contributed by atoms with Crippen molar-refractivity contribution in [2.45, 2.75) is 18.5 Å². The molecule has 1 saturated heterocycles. The van der Waals surface area contributed by atoms with Gasteiger partial charge in [-0.15, -0.1) is 0 Å². The fourth-order valence-corrected chi connectivity index (χ4v) is 1.94. The first kappa shape index (κ1) is 7.76. The van der Waals surface area contributed by atoms with Gasteiger partial charge in [-0.2, -0.15) is 5.06 Å². The second kappa shape index (κ2) is 2.57. The van der Waals surface area contributed by atoms with E-state index in [0.717, 1.165) is 11.5 Å². The standard InChI is InChI=1S/C8H11NO3/c1-12-8(10)7-5-2-3-6(4-5)9(7)11/h2-3,5-7,11H,4H2,1H3/t5-,6+,7+/m1/s1. The van der Waals surface area contributed by atoms with Crippen molar-refractivity contribution < 1.29 is 14.7 Å². The van der Waals surface area contributed by atoms with Crippen LogP contribution in [0.2, 0.25) is 0 Å². The van der Waals surface area contributed by atoms with E-state index in [4.69, 9.17) is 0 Å². The summed E-state index contributed by atoms with van der Waals surface area (Å²) >= 11 is 0. The Morgan fingerprint density at radius 3 is 2.92 bits per heavy atom. The van der Waals surface area contributed by atoms with Crippen molar-refractivity contribution in [2.24, 2.45) is 5.92 Å². The van der Waals surface area contributed by atoms with Gasteiger partial charge in [-0.3, -0.25) is 4.79 Å². The summed E-state index contributed by atoms with van der Waals surface area (Å²) in [7, 11) is 1.34. The molecule has 0 saturated carbocycles. The van der Waals surface area contributed by atoms with Crippen LogP contribution in [-0.2, 0) is 9.53 Å². The zero-order valence-corrected chi connectivity index (χ0v) is 6.80. The number of nitrogens with zero attached hydrogens (tertiary/aromatic N) is 1. The molecule has 3 atom stereocenters. The minimum atomic E-state index is -0.481. The lowest BCUT2D eigenvalue weighted by Crippen LogP contribution is -2.42. The van der Waals surface area contributed by atoms with Crippen molar-refractivity contribution in [1.29, 1.82) is 0 Å². The highest BCUT2D eigenvalue weighted by atomic mass is 16.5. The van der Waals surface area contributed by atoms with E-state index in [9.17, 15) is 10.0 Å². The normalized spacial score (nSPS) is 39.0. The number of carbonyl (C=O) groups excluding carboxylic acids is 1. The highest BCUT2D eigenvalue weighted by molar-refractivity contribution is 5.77. The molecule has 0 aromatic rings. The lowest BCUT2D eigenvalue weighted by atomic mass is 10.0. The number of fused-ring (bicyclic) bond motifs is 2. The van der Waals surface area contributed by atoms with Gasteiger partial charge in [-0.1, -0.05) is 12.2 Å². The van der Waals surface area contributed by atoms with Crippen LogP contribution in [0.15, 0.2) is 12.2 Å². The van der Waals surface area contributed by atoms with E-state index < -0.39 is 6.04 Å². The molecule has 0 spiro atoms. The van der Waals surface area contributed by atoms with Crippen LogP contribution in [0.1, 0.15) is 6.42 Å². The molecule has 4 heteroatoms. The Bertz CT molecular complexity index is 238. The zero-order valence-electron chi connectivity index (χ0n) is 6.80. The molecular formula is C8H11NO3. The van der Waals surface area contributed by atoms with Crippen molar-refractivity contribution in [3.05, 3.63) is 12.2 Å². The second-order valence-corrected chi connectivity index (χ2v) is 3.20. The summed E-state index contributed by atoms with van der Waals surface area (Å²) < 4.78 is 4.58. The third kappa shape index (κ3) is 0.884. The number of methoxy groups -OCH3 is 1. The van der Waals surface area contributed by atoms with E-state index in [0.29, 0.717) is 0 Å². The van der Waals surface area contributed by atoms with Gasteiger partial charge in [0.15, 0.2) is 0 Å². The van der Waals surface area contributed by atoms with E-state index >= 15 is 0 Å². The van der Waals surface area contributed by atoms with Crippen LogP contribution in [0.25, 0.3) is 0 Å². The highest BCUT2D eigenvalue weighted by Crippen LogP contribution is 2.36. The van der Waals surface area contributed by atoms with E-state index in [1.54, 1.807) is 0 Å². The van der Waals surface area contributed by atoms with Crippen LogP contribution in [0.4, 0.5) is 0 Å². The molecule has 2 rings (SSSR count). The Balaban J connectivity index is 2.18. The molecule has 1 fully saturated rings. The highest BCUT2D eigenvalue weighted by Gasteiger charge is 2.46. The van der Waals surface area contributed by atoms with Crippen molar-refractivity contribution in [3.63, 3.8) is 0 Å². The predicted molar refractivity (Wildman–Crippen MR) is 40.5 cm³/mol. The van der Waals surface area contributed by atoms with Crippen LogP contribution >= 0.6 is 0 Å². The van der Waals surface area contributed by atoms with Crippen LogP contribution in [0.3, 0.4) is 0 Å². The summed E-state index contributed by atoms with van der Waals surface area (Å²) in [6.45, 7) is 0. The van der Waals surface area contributed by atoms with Crippen LogP contribution < -0.4 is 0 Å². The summed E-state index contributed by atoms with van der Waals surface area (Å²) in [4.78, 5) is 11.2. The molecule has 0 aromatic carbocycles. The first-order valence-electron chi connectivity index (χ1n) is 3.97. The van der Waals surface area contributed by atoms with E-state index in [1.165, 1.54) is 7.11 Å². The molecule has 1 N–H and O–H groups in total. The first-order valence-corrected chi connectivity index (χ1v) is 3.97. The minimum Gasteiger partial charge on any atom is -0.468 e. The largest absolute Gasteiger partial charge is 0.468 e. The Morgan fingerprint density at radius 2 is 2.42 bits per heavy atom. The monoisotopic (exact) mass is 169 g/mol. The lowest BCUT2D eigenvalue weighted by molar-refractivity contribution is -0.172. The van der Waals surface area contributed by atoms with Crippen LogP contribution in [-0.4, -0.2) is 35.4 Å². The number of carbonyl (C=O) groups is 1. The van der Waals surface area contributed by atoms with Gasteiger partial charge in [-0.05, 0) is 6.42 Å². The lowest BCUT2D eigenvalue weighted by Gasteiger charge is -2.23. The van der Waals surface area contributed by atoms with Gasteiger partial charge in [0.25, 0.3) is 0 Å². The Kier molecular flexibility index (Phi) is 1.66. The van der Waals surface area contributed by atoms with E-state index in [2.05, 4.69) is 4.74 Å². The van der Waals surface area contributed by atoms with E-state index in [1.807, 2.05) is 12.2 Å². The maximum atomic E-state index is 11.2. The van der Waals surface area contributed by atoms with Crippen LogP contribution in [0, 0.1) is 5.92 Å². The maximum absolute atomic E-state index is 11.2. The summed E-state index contributed by atoms with van der Waals surface area (Å²) in [6, 6.07) is -0.468. The number of esters is 1. The molecule has 0 unspecified atom stereocenters. The molecule has 1 heterocycles. The average molecular weight is 169 g/mol. The van der Waals surface area contributed by atoms with Gasteiger partial charge < -0.3 is 9.94 Å². The molecule has 66 valence electrons. The predicted octanol–water partition coefficient (Wildman–Crippen LogP) is 0.177. The summed E-state index contributed by atoms with van der Waals surface area (Å²) in [5, 5.41) is 10.6. The fourth-order valence-electron chi connectivity index (χ4n) is 1.94. The number of rotatable bonds is 1. The van der Waals surface area contributed by atoms with Gasteiger partial charge in [-0.25, -0.2) is 0 Å². The summed E-state index contributed by atoms with van der Waals surface area (Å²) in [5.41, 5.74) is 0. The van der Waals surface area contributed by atoms with Gasteiger partial charge in [0.05, 0.1) is 13.2 Å². The van der Waals surface area contributed by atoms with Crippen molar-refractivity contribution >= 4 is 5.97 Å². The molecule has 1 aliphatic heterocycles. The Morgan fingerprint density at radius 1 is 1.67 bits per heavy atom. The summed E-state index contributed by atoms with van der Waals surface area (Å²) in [6.07, 6.45) is 4.72. The molecule has 0 aromatic heterocycles. The summed E-state index contributed by atoms with van der Waals surface area (Å²) in [5.74, 6) is -0.221. The van der Waals surface area contributed by atoms with Crippen molar-refractivity contribution in [3.8, 4) is 0 Å². The zero-order chi connectivity index (χ0) is 8.72. The molecule has 1 aliphatic carbocycles. The smallest absolute Gasteiger partial charge is 0.326 e. The van der Waals surface area contributed by atoms with Gasteiger partial charge in [0.2, 0.25) is 0 Å². The number of hydroxylamine groups is 2. The molecule has 0 amide bonds. The minimum absolute atomic E-state index is 0.0131. The van der Waals surface area contributed by atoms with Crippen molar-refractivity contribution in [2.75, 3.05) is 7.11 Å². The van der Waals surface area contributed by atoms with Gasteiger partial charge >= 0.3 is 5.97 Å². The Labute approximate surface area is 70.4 Å². The molecule has 12 heavy (non-hydrogen) atoms. The number of ether oxygens (including phenoxy) is 1. The van der Waals surface area contributed by atoms with E-state index in [-0.39, 0.29) is 17.9 Å². The SMILES string of the molecule is COC(=O)[C@@H]1[C@@H]2C=C[C@@H](C2)N1O. The topological polar surface area (TPSA) is 49.8 Å².